The molecule has 2 unspecified atom stereocenters. The Labute approximate surface area is 104 Å². The van der Waals surface area contributed by atoms with E-state index in [0.29, 0.717) is 12.0 Å². The Bertz CT molecular complexity index is 311. The number of nitrogens with zero attached hydrogens (tertiary/aromatic N) is 2. The van der Waals surface area contributed by atoms with Crippen molar-refractivity contribution in [3.8, 4) is 0 Å². The molecule has 1 heterocycles. The van der Waals surface area contributed by atoms with Crippen molar-refractivity contribution in [2.45, 2.75) is 39.8 Å². The lowest BCUT2D eigenvalue weighted by Gasteiger charge is -2.22. The molecule has 4 heteroatoms. The maximum Gasteiger partial charge on any atom is 0.0951 e. The first-order chi connectivity index (χ1) is 8.20. The van der Waals surface area contributed by atoms with Crippen molar-refractivity contribution >= 4 is 0 Å². The highest BCUT2D eigenvalue weighted by Crippen LogP contribution is 2.21. The molecule has 0 aliphatic rings. The smallest absolute Gasteiger partial charge is 0.0951 e. The van der Waals surface area contributed by atoms with E-state index < -0.39 is 0 Å². The molecular formula is C13H25N3O. The highest BCUT2D eigenvalue weighted by molar-refractivity contribution is 5.00. The van der Waals surface area contributed by atoms with E-state index in [1.54, 1.807) is 7.11 Å². The van der Waals surface area contributed by atoms with Crippen molar-refractivity contribution in [2.24, 2.45) is 5.92 Å². The summed E-state index contributed by atoms with van der Waals surface area (Å²) in [6, 6.07) is 0.502. The highest BCUT2D eigenvalue weighted by Gasteiger charge is 2.14. The normalized spacial score (nSPS) is 14.8. The average molecular weight is 239 g/mol. The standard InChI is InChI=1S/C13H25N3O/c1-5-11(2)12(3)16-10-15-9-13(16)8-14-6-7-17-4/h9-12,14H,5-8H2,1-4H3. The van der Waals surface area contributed by atoms with Crippen molar-refractivity contribution in [3.63, 3.8) is 0 Å². The number of ether oxygens (including phenoxy) is 1. The molecule has 1 N–H and O–H groups in total. The van der Waals surface area contributed by atoms with Crippen LogP contribution in [0.4, 0.5) is 0 Å². The summed E-state index contributed by atoms with van der Waals surface area (Å²) >= 11 is 0. The lowest BCUT2D eigenvalue weighted by atomic mass is 10.0. The van der Waals surface area contributed by atoms with Gasteiger partial charge in [-0.2, -0.15) is 0 Å². The maximum atomic E-state index is 5.01. The van der Waals surface area contributed by atoms with Crippen molar-refractivity contribution < 1.29 is 4.74 Å². The van der Waals surface area contributed by atoms with Crippen LogP contribution < -0.4 is 5.32 Å². The minimum absolute atomic E-state index is 0.502. The third-order valence-corrected chi connectivity index (χ3v) is 3.44. The Morgan fingerprint density at radius 3 is 2.88 bits per heavy atom. The van der Waals surface area contributed by atoms with Gasteiger partial charge in [-0.3, -0.25) is 0 Å². The van der Waals surface area contributed by atoms with E-state index in [-0.39, 0.29) is 0 Å². The number of aromatic nitrogens is 2. The van der Waals surface area contributed by atoms with Gasteiger partial charge in [-0.15, -0.1) is 0 Å². The van der Waals surface area contributed by atoms with E-state index in [0.717, 1.165) is 19.7 Å². The van der Waals surface area contributed by atoms with Gasteiger partial charge in [-0.05, 0) is 12.8 Å². The van der Waals surface area contributed by atoms with Gasteiger partial charge in [0.15, 0.2) is 0 Å². The number of rotatable bonds is 8. The van der Waals surface area contributed by atoms with Gasteiger partial charge in [0, 0.05) is 32.4 Å². The predicted octanol–water partition coefficient (Wildman–Crippen LogP) is 2.23. The molecule has 1 aromatic rings. The molecule has 0 saturated carbocycles. The summed E-state index contributed by atoms with van der Waals surface area (Å²) in [5.74, 6) is 0.668. The van der Waals surface area contributed by atoms with Gasteiger partial charge in [-0.1, -0.05) is 20.3 Å². The van der Waals surface area contributed by atoms with Crippen LogP contribution in [0, 0.1) is 5.92 Å². The molecule has 0 spiro atoms. The van der Waals surface area contributed by atoms with Crippen LogP contribution in [0.1, 0.15) is 38.9 Å². The Hall–Kier alpha value is -0.870. The van der Waals surface area contributed by atoms with Gasteiger partial charge >= 0.3 is 0 Å². The average Bonchev–Trinajstić information content (AvgIpc) is 2.81. The minimum Gasteiger partial charge on any atom is -0.383 e. The van der Waals surface area contributed by atoms with E-state index in [2.05, 4.69) is 35.6 Å². The third-order valence-electron chi connectivity index (χ3n) is 3.44. The molecule has 0 aromatic carbocycles. The van der Waals surface area contributed by atoms with Crippen LogP contribution in [-0.2, 0) is 11.3 Å². The zero-order valence-corrected chi connectivity index (χ0v) is 11.4. The monoisotopic (exact) mass is 239 g/mol. The first kappa shape index (κ1) is 14.2. The zero-order chi connectivity index (χ0) is 12.7. The molecule has 4 nitrogen and oxygen atoms in total. The first-order valence-corrected chi connectivity index (χ1v) is 6.41. The molecule has 0 aliphatic carbocycles. The highest BCUT2D eigenvalue weighted by atomic mass is 16.5. The van der Waals surface area contributed by atoms with Crippen molar-refractivity contribution in [1.82, 2.24) is 14.9 Å². The van der Waals surface area contributed by atoms with Crippen LogP contribution in [0.25, 0.3) is 0 Å². The Kier molecular flexibility index (Phi) is 6.22. The van der Waals surface area contributed by atoms with Crippen molar-refractivity contribution in [2.75, 3.05) is 20.3 Å². The van der Waals surface area contributed by atoms with Gasteiger partial charge in [-0.25, -0.2) is 4.98 Å². The van der Waals surface area contributed by atoms with E-state index in [1.165, 1.54) is 12.1 Å². The fourth-order valence-corrected chi connectivity index (χ4v) is 1.84. The van der Waals surface area contributed by atoms with Crippen LogP contribution >= 0.6 is 0 Å². The summed E-state index contributed by atoms with van der Waals surface area (Å²) in [4.78, 5) is 4.25. The molecule has 2 atom stereocenters. The first-order valence-electron chi connectivity index (χ1n) is 6.41. The molecule has 0 amide bonds. The number of hydrogen-bond donors (Lipinski definition) is 1. The van der Waals surface area contributed by atoms with E-state index in [4.69, 9.17) is 4.74 Å². The summed E-state index contributed by atoms with van der Waals surface area (Å²) in [7, 11) is 1.72. The summed E-state index contributed by atoms with van der Waals surface area (Å²) in [6.45, 7) is 9.24. The Balaban J connectivity index is 2.53. The van der Waals surface area contributed by atoms with Crippen molar-refractivity contribution in [1.29, 1.82) is 0 Å². The molecule has 0 bridgehead atoms. The zero-order valence-electron chi connectivity index (χ0n) is 11.4. The molecular weight excluding hydrogens is 214 g/mol. The second-order valence-electron chi connectivity index (χ2n) is 4.59. The van der Waals surface area contributed by atoms with Crippen LogP contribution in [-0.4, -0.2) is 29.8 Å². The van der Waals surface area contributed by atoms with Gasteiger partial charge in [0.1, 0.15) is 0 Å². The Morgan fingerprint density at radius 2 is 2.24 bits per heavy atom. The molecule has 1 rings (SSSR count). The molecule has 17 heavy (non-hydrogen) atoms. The molecule has 1 aromatic heterocycles. The van der Waals surface area contributed by atoms with Gasteiger partial charge in [0.2, 0.25) is 0 Å². The second kappa shape index (κ2) is 7.45. The minimum atomic E-state index is 0.502. The topological polar surface area (TPSA) is 39.1 Å². The second-order valence-corrected chi connectivity index (χ2v) is 4.59. The van der Waals surface area contributed by atoms with Crippen LogP contribution in [0.2, 0.25) is 0 Å². The maximum absolute atomic E-state index is 5.01. The number of nitrogens with one attached hydrogen (secondary N) is 1. The van der Waals surface area contributed by atoms with E-state index in [9.17, 15) is 0 Å². The van der Waals surface area contributed by atoms with Gasteiger partial charge in [0.05, 0.1) is 18.6 Å². The molecule has 0 fully saturated rings. The van der Waals surface area contributed by atoms with Gasteiger partial charge in [0.25, 0.3) is 0 Å². The van der Waals surface area contributed by atoms with Crippen LogP contribution in [0.5, 0.6) is 0 Å². The molecule has 0 radical (unpaired) electrons. The lowest BCUT2D eigenvalue weighted by molar-refractivity contribution is 0.198. The SMILES string of the molecule is CCC(C)C(C)n1cncc1CNCCOC. The Morgan fingerprint density at radius 1 is 1.47 bits per heavy atom. The number of methoxy groups -OCH3 is 1. The fourth-order valence-electron chi connectivity index (χ4n) is 1.84. The predicted molar refractivity (Wildman–Crippen MR) is 70.0 cm³/mol. The summed E-state index contributed by atoms with van der Waals surface area (Å²) < 4.78 is 7.28. The summed E-state index contributed by atoms with van der Waals surface area (Å²) in [5, 5.41) is 3.36. The molecule has 98 valence electrons. The summed E-state index contributed by atoms with van der Waals surface area (Å²) in [5.41, 5.74) is 1.24. The quantitative estimate of drug-likeness (QED) is 0.707. The molecule has 0 aliphatic heterocycles. The van der Waals surface area contributed by atoms with E-state index >= 15 is 0 Å². The van der Waals surface area contributed by atoms with Crippen LogP contribution in [0.15, 0.2) is 12.5 Å². The molecule has 0 saturated heterocycles. The number of hydrogen-bond acceptors (Lipinski definition) is 3. The van der Waals surface area contributed by atoms with Crippen molar-refractivity contribution in [3.05, 3.63) is 18.2 Å². The largest absolute Gasteiger partial charge is 0.383 e. The summed E-state index contributed by atoms with van der Waals surface area (Å²) in [6.07, 6.45) is 5.07. The van der Waals surface area contributed by atoms with E-state index in [1.807, 2.05) is 12.5 Å². The lowest BCUT2D eigenvalue weighted by Crippen LogP contribution is -2.22. The number of imidazole rings is 1. The van der Waals surface area contributed by atoms with Crippen LogP contribution in [0.3, 0.4) is 0 Å². The third kappa shape index (κ3) is 4.13. The van der Waals surface area contributed by atoms with Gasteiger partial charge < -0.3 is 14.6 Å². The fraction of sp³-hybridized carbons (Fsp3) is 0.769.